The third-order valence-electron chi connectivity index (χ3n) is 5.93. The van der Waals surface area contributed by atoms with Crippen molar-refractivity contribution in [2.24, 2.45) is 5.73 Å². The average molecular weight is 433 g/mol. The summed E-state index contributed by atoms with van der Waals surface area (Å²) in [4.78, 5) is 26.7. The van der Waals surface area contributed by atoms with Gasteiger partial charge in [0.15, 0.2) is 5.82 Å². The number of fused-ring (bicyclic) bond motifs is 3. The number of aromatic nitrogens is 2. The molecule has 2 fully saturated rings. The minimum atomic E-state index is -2.75. The van der Waals surface area contributed by atoms with Crippen LogP contribution >= 0.6 is 0 Å². The van der Waals surface area contributed by atoms with Crippen molar-refractivity contribution >= 4 is 23.5 Å². The van der Waals surface area contributed by atoms with Crippen molar-refractivity contribution in [3.63, 3.8) is 0 Å². The molecule has 2 N–H and O–H groups in total. The van der Waals surface area contributed by atoms with E-state index in [-0.39, 0.29) is 24.4 Å². The number of hydrogen-bond donors (Lipinski definition) is 1. The Morgan fingerprint density at radius 3 is 2.84 bits per heavy atom. The summed E-state index contributed by atoms with van der Waals surface area (Å²) in [7, 11) is 0. The smallest absolute Gasteiger partial charge is 0.416 e. The lowest BCUT2D eigenvalue weighted by atomic mass is 10.1. The van der Waals surface area contributed by atoms with Crippen LogP contribution in [0.1, 0.15) is 12.8 Å². The average Bonchev–Trinajstić information content (AvgIpc) is 3.44. The number of nitrogens with zero attached hydrogens (tertiary/aromatic N) is 4. The summed E-state index contributed by atoms with van der Waals surface area (Å²) in [5.74, 6) is 0.349. The number of primary amides is 1. The first-order valence-electron chi connectivity index (χ1n) is 10.1. The lowest BCUT2D eigenvalue weighted by Gasteiger charge is -2.25. The number of rotatable bonds is 4. The van der Waals surface area contributed by atoms with Crippen LogP contribution in [0.4, 0.5) is 25.1 Å². The minimum Gasteiger partial charge on any atom is -0.491 e. The molecule has 3 aliphatic rings. The normalized spacial score (nSPS) is 22.7. The van der Waals surface area contributed by atoms with Gasteiger partial charge in [-0.05, 0) is 25.0 Å². The highest BCUT2D eigenvalue weighted by atomic mass is 19.3. The highest BCUT2D eigenvalue weighted by molar-refractivity contribution is 5.90. The third-order valence-corrected chi connectivity index (χ3v) is 5.93. The van der Waals surface area contributed by atoms with E-state index in [1.807, 2.05) is 23.1 Å². The molecule has 0 bridgehead atoms. The quantitative estimate of drug-likeness (QED) is 0.791. The molecule has 164 valence electrons. The number of amides is 2. The highest BCUT2D eigenvalue weighted by Crippen LogP contribution is 2.39. The Morgan fingerprint density at radius 2 is 2.06 bits per heavy atom. The van der Waals surface area contributed by atoms with Gasteiger partial charge in [-0.1, -0.05) is 0 Å². The molecule has 31 heavy (non-hydrogen) atoms. The molecule has 0 spiro atoms. The second kappa shape index (κ2) is 7.40. The summed E-state index contributed by atoms with van der Waals surface area (Å²) in [6, 6.07) is 5.44. The van der Waals surface area contributed by atoms with E-state index in [1.54, 1.807) is 10.7 Å². The largest absolute Gasteiger partial charge is 0.491 e. The van der Waals surface area contributed by atoms with Crippen LogP contribution in [0, 0.1) is 0 Å². The molecule has 1 unspecified atom stereocenters. The zero-order valence-corrected chi connectivity index (χ0v) is 16.5. The molecule has 3 aliphatic heterocycles. The monoisotopic (exact) mass is 433 g/mol. The first kappa shape index (κ1) is 19.6. The molecule has 2 aromatic rings. The van der Waals surface area contributed by atoms with Gasteiger partial charge in [0, 0.05) is 29.9 Å². The van der Waals surface area contributed by atoms with E-state index in [4.69, 9.17) is 15.2 Å². The van der Waals surface area contributed by atoms with Gasteiger partial charge in [0.25, 0.3) is 6.43 Å². The van der Waals surface area contributed by atoms with E-state index in [0.29, 0.717) is 31.0 Å². The molecule has 2 saturated heterocycles. The van der Waals surface area contributed by atoms with Crippen LogP contribution in [0.2, 0.25) is 0 Å². The highest BCUT2D eigenvalue weighted by Gasteiger charge is 2.42. The summed E-state index contributed by atoms with van der Waals surface area (Å²) in [5, 5.41) is 4.37. The van der Waals surface area contributed by atoms with Gasteiger partial charge in [0.05, 0.1) is 12.2 Å². The van der Waals surface area contributed by atoms with Gasteiger partial charge >= 0.3 is 6.09 Å². The predicted octanol–water partition coefficient (Wildman–Crippen LogP) is 1.99. The minimum absolute atomic E-state index is 0.119. The fourth-order valence-corrected chi connectivity index (χ4v) is 4.43. The van der Waals surface area contributed by atoms with Crippen LogP contribution < -0.4 is 20.3 Å². The SMILES string of the molecule is NC(=O)[C@@H]1CCCN1c1ccc2c(c1)OCCn1nc(N3C(=O)OCC3C(F)F)cc1-2. The number of carbonyl (C=O) groups is 2. The Hall–Kier alpha value is -3.37. The van der Waals surface area contributed by atoms with Crippen molar-refractivity contribution in [1.82, 2.24) is 9.78 Å². The van der Waals surface area contributed by atoms with Crippen LogP contribution in [0.15, 0.2) is 24.3 Å². The Labute approximate surface area is 176 Å². The molecule has 9 nitrogen and oxygen atoms in total. The molecule has 4 heterocycles. The molecule has 2 amide bonds. The van der Waals surface area contributed by atoms with Gasteiger partial charge in [-0.25, -0.2) is 18.5 Å². The van der Waals surface area contributed by atoms with Crippen molar-refractivity contribution in [3.05, 3.63) is 24.3 Å². The number of nitrogens with two attached hydrogens (primary N) is 1. The number of alkyl halides is 2. The van der Waals surface area contributed by atoms with Gasteiger partial charge in [-0.3, -0.25) is 9.48 Å². The third kappa shape index (κ3) is 3.24. The summed E-state index contributed by atoms with van der Waals surface area (Å²) in [6.45, 7) is 1.04. The number of benzene rings is 1. The maximum absolute atomic E-state index is 13.4. The van der Waals surface area contributed by atoms with Gasteiger partial charge < -0.3 is 20.1 Å². The first-order valence-corrected chi connectivity index (χ1v) is 10.1. The predicted molar refractivity (Wildman–Crippen MR) is 106 cm³/mol. The molecule has 1 aromatic heterocycles. The molecular weight excluding hydrogens is 412 g/mol. The summed E-state index contributed by atoms with van der Waals surface area (Å²) in [5.41, 5.74) is 7.73. The maximum Gasteiger partial charge on any atom is 0.416 e. The van der Waals surface area contributed by atoms with Gasteiger partial charge in [0.1, 0.15) is 31.0 Å². The van der Waals surface area contributed by atoms with Crippen LogP contribution in [-0.4, -0.2) is 60.0 Å². The topological polar surface area (TPSA) is 103 Å². The number of hydrogen-bond acceptors (Lipinski definition) is 6. The fourth-order valence-electron chi connectivity index (χ4n) is 4.43. The van der Waals surface area contributed by atoms with E-state index in [1.165, 1.54) is 0 Å². The number of carbonyl (C=O) groups excluding carboxylic acids is 2. The first-order chi connectivity index (χ1) is 14.9. The van der Waals surface area contributed by atoms with Gasteiger partial charge in [0.2, 0.25) is 5.91 Å². The summed E-state index contributed by atoms with van der Waals surface area (Å²) < 4.78 is 39.1. The number of halogens is 2. The maximum atomic E-state index is 13.4. The molecular formula is C20H21F2N5O4. The molecule has 5 rings (SSSR count). The second-order valence-corrected chi connectivity index (χ2v) is 7.74. The van der Waals surface area contributed by atoms with Crippen molar-refractivity contribution in [2.45, 2.75) is 37.9 Å². The number of ether oxygens (including phenoxy) is 2. The van der Waals surface area contributed by atoms with Crippen LogP contribution in [0.3, 0.4) is 0 Å². The lowest BCUT2D eigenvalue weighted by molar-refractivity contribution is -0.119. The Kier molecular flexibility index (Phi) is 4.67. The van der Waals surface area contributed by atoms with Crippen molar-refractivity contribution in [1.29, 1.82) is 0 Å². The van der Waals surface area contributed by atoms with E-state index in [2.05, 4.69) is 5.10 Å². The van der Waals surface area contributed by atoms with Crippen molar-refractivity contribution < 1.29 is 27.8 Å². The summed E-state index contributed by atoms with van der Waals surface area (Å²) in [6.07, 6.45) is -2.00. The van der Waals surface area contributed by atoms with Crippen LogP contribution in [0.5, 0.6) is 5.75 Å². The number of cyclic esters (lactones) is 1. The Balaban J connectivity index is 1.51. The molecule has 0 saturated carbocycles. The van der Waals surface area contributed by atoms with E-state index >= 15 is 0 Å². The summed E-state index contributed by atoms with van der Waals surface area (Å²) >= 11 is 0. The van der Waals surface area contributed by atoms with Gasteiger partial charge in [-0.15, -0.1) is 0 Å². The van der Waals surface area contributed by atoms with Crippen molar-refractivity contribution in [2.75, 3.05) is 29.6 Å². The molecule has 0 aliphatic carbocycles. The Bertz CT molecular complexity index is 1040. The van der Waals surface area contributed by atoms with E-state index in [9.17, 15) is 18.4 Å². The molecule has 2 atom stereocenters. The fraction of sp³-hybridized carbons (Fsp3) is 0.450. The number of anilines is 2. The lowest BCUT2D eigenvalue weighted by Crippen LogP contribution is -2.40. The molecule has 0 radical (unpaired) electrons. The molecule has 1 aromatic carbocycles. The molecule has 11 heteroatoms. The van der Waals surface area contributed by atoms with Crippen molar-refractivity contribution in [3.8, 4) is 17.0 Å². The zero-order valence-electron chi connectivity index (χ0n) is 16.5. The van der Waals surface area contributed by atoms with Crippen LogP contribution in [0.25, 0.3) is 11.3 Å². The van der Waals surface area contributed by atoms with Gasteiger partial charge in [-0.2, -0.15) is 5.10 Å². The van der Waals surface area contributed by atoms with E-state index < -0.39 is 18.6 Å². The van der Waals surface area contributed by atoms with Crippen LogP contribution in [-0.2, 0) is 16.1 Å². The standard InChI is InChI=1S/C20H21F2N5O4/c21-18(22)15-10-31-20(29)27(15)17-9-14-12-4-3-11(25-5-1-2-13(25)19(23)28)8-16(12)30-7-6-26(14)24-17/h3-4,8-9,13,15,18H,1-2,5-7,10H2,(H2,23,28)/t13-,15?/m0/s1. The second-order valence-electron chi connectivity index (χ2n) is 7.74. The Morgan fingerprint density at radius 1 is 1.23 bits per heavy atom. The van der Waals surface area contributed by atoms with E-state index in [0.717, 1.165) is 29.1 Å². The zero-order chi connectivity index (χ0) is 21.7.